The van der Waals surface area contributed by atoms with Crippen LogP contribution in [0.2, 0.25) is 0 Å². The van der Waals surface area contributed by atoms with E-state index in [0.29, 0.717) is 5.92 Å². The predicted molar refractivity (Wildman–Crippen MR) is 82.6 cm³/mol. The number of benzene rings is 1. The number of hydrogen-bond acceptors (Lipinski definition) is 3. The van der Waals surface area contributed by atoms with Gasteiger partial charge in [0, 0.05) is 31.4 Å². The smallest absolute Gasteiger partial charge is 0.0587 e. The fourth-order valence-corrected chi connectivity index (χ4v) is 2.17. The molecule has 1 aromatic rings. The van der Waals surface area contributed by atoms with Crippen molar-refractivity contribution in [1.29, 1.82) is 0 Å². The molecule has 0 radical (unpaired) electrons. The van der Waals surface area contributed by atoms with Crippen molar-refractivity contribution in [3.05, 3.63) is 29.8 Å². The summed E-state index contributed by atoms with van der Waals surface area (Å²) in [4.78, 5) is 2.34. The highest BCUT2D eigenvalue weighted by molar-refractivity contribution is 5.47. The van der Waals surface area contributed by atoms with Crippen LogP contribution in [0.15, 0.2) is 24.3 Å². The second kappa shape index (κ2) is 8.18. The van der Waals surface area contributed by atoms with Crippen molar-refractivity contribution in [1.82, 2.24) is 5.32 Å². The number of aliphatic hydroxyl groups excluding tert-OH is 1. The highest BCUT2D eigenvalue weighted by atomic mass is 16.3. The van der Waals surface area contributed by atoms with E-state index < -0.39 is 0 Å². The topological polar surface area (TPSA) is 35.5 Å². The molecule has 0 spiro atoms. The molecule has 0 amide bonds. The van der Waals surface area contributed by atoms with Gasteiger partial charge in [-0.05, 0) is 37.5 Å². The molecule has 0 aliphatic rings. The number of anilines is 1. The third-order valence-electron chi connectivity index (χ3n) is 3.63. The minimum Gasteiger partial charge on any atom is -0.395 e. The number of aliphatic hydroxyl groups is 1. The summed E-state index contributed by atoms with van der Waals surface area (Å²) in [6.07, 6.45) is 0. The molecule has 19 heavy (non-hydrogen) atoms. The van der Waals surface area contributed by atoms with E-state index in [1.807, 2.05) is 0 Å². The highest BCUT2D eigenvalue weighted by Crippen LogP contribution is 2.15. The molecular weight excluding hydrogens is 236 g/mol. The third-order valence-corrected chi connectivity index (χ3v) is 3.63. The Bertz CT molecular complexity index is 344. The van der Waals surface area contributed by atoms with Crippen molar-refractivity contribution in [2.45, 2.75) is 40.3 Å². The maximum Gasteiger partial charge on any atom is 0.0587 e. The number of hydrogen-bond donors (Lipinski definition) is 2. The largest absolute Gasteiger partial charge is 0.395 e. The van der Waals surface area contributed by atoms with Crippen LogP contribution in [0.25, 0.3) is 0 Å². The lowest BCUT2D eigenvalue weighted by Crippen LogP contribution is -2.36. The summed E-state index contributed by atoms with van der Waals surface area (Å²) in [5.41, 5.74) is 2.53. The van der Waals surface area contributed by atoms with E-state index in [1.165, 1.54) is 11.3 Å². The first-order chi connectivity index (χ1) is 9.12. The molecule has 3 nitrogen and oxygen atoms in total. The van der Waals surface area contributed by atoms with Gasteiger partial charge in [0.25, 0.3) is 0 Å². The molecule has 3 heteroatoms. The second-order valence-electron chi connectivity index (χ2n) is 5.25. The minimum atomic E-state index is 0.169. The first kappa shape index (κ1) is 16.0. The Kier molecular flexibility index (Phi) is 6.89. The summed E-state index contributed by atoms with van der Waals surface area (Å²) in [6.45, 7) is 11.7. The Balaban J connectivity index is 2.57. The van der Waals surface area contributed by atoms with Gasteiger partial charge in [0.05, 0.1) is 6.61 Å². The van der Waals surface area contributed by atoms with Crippen LogP contribution >= 0.6 is 0 Å². The first-order valence-electron chi connectivity index (χ1n) is 7.30. The maximum absolute atomic E-state index is 9.29. The normalized spacial score (nSPS) is 12.7. The molecule has 0 saturated heterocycles. The number of nitrogens with one attached hydrogen (secondary N) is 1. The van der Waals surface area contributed by atoms with E-state index in [-0.39, 0.29) is 12.6 Å². The molecule has 1 rings (SSSR count). The predicted octanol–water partition coefficient (Wildman–Crippen LogP) is 2.64. The average Bonchev–Trinajstić information content (AvgIpc) is 2.42. The van der Waals surface area contributed by atoms with Gasteiger partial charge in [-0.15, -0.1) is 0 Å². The Hall–Kier alpha value is -1.06. The van der Waals surface area contributed by atoms with Crippen LogP contribution in [0.4, 0.5) is 5.69 Å². The van der Waals surface area contributed by atoms with E-state index in [4.69, 9.17) is 0 Å². The zero-order chi connectivity index (χ0) is 14.3. The average molecular weight is 264 g/mol. The van der Waals surface area contributed by atoms with Gasteiger partial charge < -0.3 is 15.3 Å². The summed E-state index contributed by atoms with van der Waals surface area (Å²) in [5.74, 6) is 0.444. The maximum atomic E-state index is 9.29. The molecule has 0 unspecified atom stereocenters. The lowest BCUT2D eigenvalue weighted by atomic mass is 10.0. The van der Waals surface area contributed by atoms with Crippen molar-refractivity contribution in [2.75, 3.05) is 24.6 Å². The summed E-state index contributed by atoms with van der Waals surface area (Å²) in [5, 5.41) is 12.7. The van der Waals surface area contributed by atoms with E-state index >= 15 is 0 Å². The van der Waals surface area contributed by atoms with Gasteiger partial charge in [0.1, 0.15) is 0 Å². The van der Waals surface area contributed by atoms with Crippen LogP contribution in [0.3, 0.4) is 0 Å². The van der Waals surface area contributed by atoms with Crippen LogP contribution in [0, 0.1) is 5.92 Å². The van der Waals surface area contributed by atoms with Gasteiger partial charge in [-0.3, -0.25) is 0 Å². The zero-order valence-electron chi connectivity index (χ0n) is 12.7. The van der Waals surface area contributed by atoms with E-state index in [0.717, 1.165) is 19.6 Å². The molecule has 0 aliphatic carbocycles. The summed E-state index contributed by atoms with van der Waals surface area (Å²) in [6, 6.07) is 8.84. The first-order valence-corrected chi connectivity index (χ1v) is 7.30. The molecule has 2 N–H and O–H groups in total. The zero-order valence-corrected chi connectivity index (χ0v) is 12.7. The molecule has 1 atom stereocenters. The van der Waals surface area contributed by atoms with Crippen LogP contribution in [0.5, 0.6) is 0 Å². The Labute approximate surface area is 117 Å². The molecule has 0 bridgehead atoms. The van der Waals surface area contributed by atoms with Gasteiger partial charge in [-0.25, -0.2) is 0 Å². The standard InChI is InChI=1S/C16H28N2O/c1-5-18(6-2)15-9-7-14(8-10-15)11-17-16(12-19)13(3)4/h7-10,13,16-17,19H,5-6,11-12H2,1-4H3/t16-/m1/s1. The molecule has 0 heterocycles. The Morgan fingerprint density at radius 1 is 1.11 bits per heavy atom. The fourth-order valence-electron chi connectivity index (χ4n) is 2.17. The lowest BCUT2D eigenvalue weighted by Gasteiger charge is -2.22. The second-order valence-corrected chi connectivity index (χ2v) is 5.25. The summed E-state index contributed by atoms with van der Waals surface area (Å²) in [7, 11) is 0. The van der Waals surface area contributed by atoms with Gasteiger partial charge >= 0.3 is 0 Å². The van der Waals surface area contributed by atoms with Crippen LogP contribution in [-0.4, -0.2) is 30.8 Å². The summed E-state index contributed by atoms with van der Waals surface area (Å²) >= 11 is 0. The number of nitrogens with zero attached hydrogens (tertiary/aromatic N) is 1. The van der Waals surface area contributed by atoms with E-state index in [1.54, 1.807) is 0 Å². The van der Waals surface area contributed by atoms with Crippen molar-refractivity contribution in [3.63, 3.8) is 0 Å². The molecule has 108 valence electrons. The lowest BCUT2D eigenvalue weighted by molar-refractivity contribution is 0.210. The fraction of sp³-hybridized carbons (Fsp3) is 0.625. The van der Waals surface area contributed by atoms with Crippen molar-refractivity contribution in [2.24, 2.45) is 5.92 Å². The number of rotatable bonds is 8. The molecule has 0 fully saturated rings. The van der Waals surface area contributed by atoms with Crippen molar-refractivity contribution >= 4 is 5.69 Å². The minimum absolute atomic E-state index is 0.169. The van der Waals surface area contributed by atoms with Gasteiger partial charge in [-0.1, -0.05) is 26.0 Å². The molecule has 0 aromatic heterocycles. The van der Waals surface area contributed by atoms with Gasteiger partial charge in [-0.2, -0.15) is 0 Å². The van der Waals surface area contributed by atoms with Gasteiger partial charge in [0.2, 0.25) is 0 Å². The van der Waals surface area contributed by atoms with Crippen molar-refractivity contribution < 1.29 is 5.11 Å². The molecule has 0 saturated carbocycles. The molecule has 1 aromatic carbocycles. The Morgan fingerprint density at radius 2 is 1.68 bits per heavy atom. The molecular formula is C16H28N2O. The van der Waals surface area contributed by atoms with Crippen molar-refractivity contribution in [3.8, 4) is 0 Å². The van der Waals surface area contributed by atoms with Crippen LogP contribution < -0.4 is 10.2 Å². The Morgan fingerprint density at radius 3 is 2.11 bits per heavy atom. The van der Waals surface area contributed by atoms with Gasteiger partial charge in [0.15, 0.2) is 0 Å². The highest BCUT2D eigenvalue weighted by Gasteiger charge is 2.10. The third kappa shape index (κ3) is 4.84. The monoisotopic (exact) mass is 264 g/mol. The van der Waals surface area contributed by atoms with Crippen LogP contribution in [-0.2, 0) is 6.54 Å². The van der Waals surface area contributed by atoms with Crippen LogP contribution in [0.1, 0.15) is 33.3 Å². The van der Waals surface area contributed by atoms with E-state index in [2.05, 4.69) is 62.2 Å². The quantitative estimate of drug-likeness (QED) is 0.757. The summed E-state index contributed by atoms with van der Waals surface area (Å²) < 4.78 is 0. The van der Waals surface area contributed by atoms with E-state index in [9.17, 15) is 5.11 Å². The molecule has 0 aliphatic heterocycles. The SMILES string of the molecule is CCN(CC)c1ccc(CN[C@H](CO)C(C)C)cc1.